The molecule has 4 heterocycles. The number of tetrazole rings is 1. The highest BCUT2D eigenvalue weighted by molar-refractivity contribution is 5.62. The number of aromatic nitrogens is 6. The third kappa shape index (κ3) is 4.59. The molecule has 0 amide bonds. The van der Waals surface area contributed by atoms with E-state index in [4.69, 9.17) is 0 Å². The molecular formula is C25H32FN9O. The van der Waals surface area contributed by atoms with E-state index in [9.17, 15) is 4.79 Å². The Kier molecular flexibility index (Phi) is 6.16. The minimum absolute atomic E-state index is 0.189. The molecule has 11 heteroatoms. The normalized spacial score (nSPS) is 22.3. The molecular weight excluding hydrogens is 461 g/mol. The number of aryl methyl sites for hydroxylation is 1. The standard InChI is InChI=1S/C25H32FN9O/c1-33-25(36)35(32-31-33)22-14-20(19(26)13-18(22)16-7-8-16)29-24-27-10-9-23(30-24)28-15-17-5-4-12-34-11-3-2-6-21(17)34/h9-10,13-14,16-17,21H,2-8,11-12,15H2,1H3,(H2,27,28,29,30)/t17-,21+/m0/s1. The molecule has 2 aromatic heterocycles. The van der Waals surface area contributed by atoms with Gasteiger partial charge in [0.1, 0.15) is 11.6 Å². The molecule has 36 heavy (non-hydrogen) atoms. The fourth-order valence-electron chi connectivity index (χ4n) is 5.73. The summed E-state index contributed by atoms with van der Waals surface area (Å²) in [6.07, 6.45) is 9.96. The monoisotopic (exact) mass is 493 g/mol. The van der Waals surface area contributed by atoms with Crippen LogP contribution in [-0.4, -0.2) is 60.3 Å². The minimum atomic E-state index is -0.417. The first-order chi connectivity index (χ1) is 17.6. The van der Waals surface area contributed by atoms with Gasteiger partial charge in [-0.15, -0.1) is 0 Å². The summed E-state index contributed by atoms with van der Waals surface area (Å²) in [5.41, 5.74) is 1.11. The molecule has 3 aliphatic rings. The largest absolute Gasteiger partial charge is 0.370 e. The number of benzene rings is 1. The van der Waals surface area contributed by atoms with Crippen molar-refractivity contribution in [3.63, 3.8) is 0 Å². The Bertz CT molecular complexity index is 1300. The van der Waals surface area contributed by atoms with E-state index < -0.39 is 5.82 Å². The Balaban J connectivity index is 1.20. The van der Waals surface area contributed by atoms with Crippen LogP contribution in [0, 0.1) is 11.7 Å². The molecule has 0 bridgehead atoms. The van der Waals surface area contributed by atoms with Crippen LogP contribution in [0.5, 0.6) is 0 Å². The van der Waals surface area contributed by atoms with Crippen molar-refractivity contribution in [2.24, 2.45) is 13.0 Å². The zero-order chi connectivity index (χ0) is 24.6. The molecule has 190 valence electrons. The Morgan fingerprint density at radius 3 is 2.75 bits per heavy atom. The number of anilines is 3. The van der Waals surface area contributed by atoms with Crippen molar-refractivity contribution in [3.05, 3.63) is 46.3 Å². The lowest BCUT2D eigenvalue weighted by molar-refractivity contribution is 0.0649. The first kappa shape index (κ1) is 23.1. The van der Waals surface area contributed by atoms with Crippen molar-refractivity contribution in [3.8, 4) is 5.69 Å². The van der Waals surface area contributed by atoms with E-state index in [1.165, 1.54) is 63.0 Å². The van der Waals surface area contributed by atoms with Crippen LogP contribution in [0.3, 0.4) is 0 Å². The molecule has 3 fully saturated rings. The van der Waals surface area contributed by atoms with Crippen molar-refractivity contribution in [2.75, 3.05) is 30.3 Å². The number of hydrogen-bond donors (Lipinski definition) is 2. The molecule has 2 saturated heterocycles. The molecule has 1 aliphatic carbocycles. The van der Waals surface area contributed by atoms with Gasteiger partial charge in [-0.25, -0.2) is 14.2 Å². The zero-order valence-electron chi connectivity index (χ0n) is 20.5. The summed E-state index contributed by atoms with van der Waals surface area (Å²) < 4.78 is 17.5. The summed E-state index contributed by atoms with van der Waals surface area (Å²) in [6, 6.07) is 5.57. The van der Waals surface area contributed by atoms with Crippen LogP contribution in [0.15, 0.2) is 29.2 Å². The lowest BCUT2D eigenvalue weighted by Crippen LogP contribution is -2.49. The summed E-state index contributed by atoms with van der Waals surface area (Å²) >= 11 is 0. The Labute approximate surface area is 208 Å². The second kappa shape index (κ2) is 9.61. The van der Waals surface area contributed by atoms with Crippen LogP contribution in [-0.2, 0) is 7.05 Å². The number of nitrogens with one attached hydrogen (secondary N) is 2. The first-order valence-electron chi connectivity index (χ1n) is 13.0. The van der Waals surface area contributed by atoms with Crippen LogP contribution in [0.2, 0.25) is 0 Å². The third-order valence-electron chi connectivity index (χ3n) is 7.76. The Morgan fingerprint density at radius 1 is 1.08 bits per heavy atom. The molecule has 0 radical (unpaired) electrons. The SMILES string of the molecule is Cn1nnn(-c2cc(Nc3nccc(NC[C@@H]4CCCN5CCCC[C@H]45)n3)c(F)cc2C2CC2)c1=O. The zero-order valence-corrected chi connectivity index (χ0v) is 20.5. The molecule has 1 aromatic carbocycles. The van der Waals surface area contributed by atoms with E-state index >= 15 is 4.39 Å². The molecule has 6 rings (SSSR count). The van der Waals surface area contributed by atoms with Crippen LogP contribution in [0.4, 0.5) is 21.8 Å². The number of piperidine rings is 2. The van der Waals surface area contributed by atoms with Gasteiger partial charge in [-0.2, -0.15) is 14.3 Å². The molecule has 0 spiro atoms. The average Bonchev–Trinajstić information content (AvgIpc) is 3.69. The summed E-state index contributed by atoms with van der Waals surface area (Å²) in [5, 5.41) is 14.3. The average molecular weight is 494 g/mol. The molecule has 1 saturated carbocycles. The highest BCUT2D eigenvalue weighted by atomic mass is 19.1. The van der Waals surface area contributed by atoms with Gasteiger partial charge in [-0.05, 0) is 97.6 Å². The van der Waals surface area contributed by atoms with Crippen molar-refractivity contribution >= 4 is 17.5 Å². The maximum absolute atomic E-state index is 15.1. The highest BCUT2D eigenvalue weighted by Gasteiger charge is 2.33. The number of hydrogen-bond acceptors (Lipinski definition) is 8. The van der Waals surface area contributed by atoms with Gasteiger partial charge in [0, 0.05) is 25.8 Å². The van der Waals surface area contributed by atoms with Gasteiger partial charge >= 0.3 is 5.69 Å². The van der Waals surface area contributed by atoms with E-state index in [1.54, 1.807) is 12.3 Å². The molecule has 2 N–H and O–H groups in total. The van der Waals surface area contributed by atoms with Gasteiger partial charge in [0.05, 0.1) is 11.4 Å². The summed E-state index contributed by atoms with van der Waals surface area (Å²) in [5.74, 6) is 1.41. The van der Waals surface area contributed by atoms with E-state index in [0.717, 1.165) is 29.6 Å². The predicted molar refractivity (Wildman–Crippen MR) is 134 cm³/mol. The van der Waals surface area contributed by atoms with Gasteiger partial charge in [-0.1, -0.05) is 6.42 Å². The van der Waals surface area contributed by atoms with Gasteiger partial charge < -0.3 is 15.5 Å². The number of halogens is 1. The summed E-state index contributed by atoms with van der Waals surface area (Å²) in [6.45, 7) is 3.30. The van der Waals surface area contributed by atoms with Gasteiger partial charge in [0.15, 0.2) is 0 Å². The molecule has 10 nitrogen and oxygen atoms in total. The van der Waals surface area contributed by atoms with E-state index in [0.29, 0.717) is 29.4 Å². The molecule has 0 unspecified atom stereocenters. The maximum Gasteiger partial charge on any atom is 0.368 e. The van der Waals surface area contributed by atoms with Gasteiger partial charge in [-0.3, -0.25) is 0 Å². The lowest BCUT2D eigenvalue weighted by atomic mass is 9.83. The van der Waals surface area contributed by atoms with Crippen molar-refractivity contribution in [1.82, 2.24) is 34.7 Å². The van der Waals surface area contributed by atoms with Crippen LogP contribution in [0.25, 0.3) is 5.69 Å². The Morgan fingerprint density at radius 2 is 1.94 bits per heavy atom. The van der Waals surface area contributed by atoms with E-state index in [-0.39, 0.29) is 17.3 Å². The fraction of sp³-hybridized carbons (Fsp3) is 0.560. The van der Waals surface area contributed by atoms with E-state index in [1.807, 2.05) is 6.07 Å². The fourth-order valence-corrected chi connectivity index (χ4v) is 5.73. The van der Waals surface area contributed by atoms with Crippen molar-refractivity contribution in [1.29, 1.82) is 0 Å². The maximum atomic E-state index is 15.1. The van der Waals surface area contributed by atoms with Crippen molar-refractivity contribution in [2.45, 2.75) is 56.9 Å². The van der Waals surface area contributed by atoms with Gasteiger partial charge in [0.25, 0.3) is 0 Å². The topological polar surface area (TPSA) is 106 Å². The number of nitrogens with zero attached hydrogens (tertiary/aromatic N) is 7. The van der Waals surface area contributed by atoms with Crippen LogP contribution in [0.1, 0.15) is 56.4 Å². The second-order valence-corrected chi connectivity index (χ2v) is 10.2. The smallest absolute Gasteiger partial charge is 0.368 e. The quantitative estimate of drug-likeness (QED) is 0.517. The molecule has 2 aliphatic heterocycles. The van der Waals surface area contributed by atoms with Crippen LogP contribution >= 0.6 is 0 Å². The van der Waals surface area contributed by atoms with Gasteiger partial charge in [0.2, 0.25) is 5.95 Å². The highest BCUT2D eigenvalue weighted by Crippen LogP contribution is 2.44. The van der Waals surface area contributed by atoms with Crippen molar-refractivity contribution < 1.29 is 4.39 Å². The molecule has 3 aromatic rings. The second-order valence-electron chi connectivity index (χ2n) is 10.2. The summed E-state index contributed by atoms with van der Waals surface area (Å²) in [7, 11) is 1.54. The Hall–Kier alpha value is -3.34. The predicted octanol–water partition coefficient (Wildman–Crippen LogP) is 3.19. The van der Waals surface area contributed by atoms with Crippen LogP contribution < -0.4 is 16.3 Å². The number of rotatable bonds is 7. The molecule has 2 atom stereocenters. The number of fused-ring (bicyclic) bond motifs is 1. The minimum Gasteiger partial charge on any atom is -0.370 e. The lowest BCUT2D eigenvalue weighted by Gasteiger charge is -2.44. The first-order valence-corrected chi connectivity index (χ1v) is 13.0. The third-order valence-corrected chi connectivity index (χ3v) is 7.76. The summed E-state index contributed by atoms with van der Waals surface area (Å²) in [4.78, 5) is 24.0. The van der Waals surface area contributed by atoms with E-state index in [2.05, 4.69) is 35.9 Å².